The average Bonchev–Trinajstić information content (AvgIpc) is 2.22. The number of rotatable bonds is 8. The molecule has 0 aliphatic heterocycles. The molecule has 0 heterocycles. The van der Waals surface area contributed by atoms with Gasteiger partial charge in [0.1, 0.15) is 0 Å². The van der Waals surface area contributed by atoms with Crippen LogP contribution < -0.4 is 0 Å². The summed E-state index contributed by atoms with van der Waals surface area (Å²) in [6.07, 6.45) is 2.09. The van der Waals surface area contributed by atoms with Crippen LogP contribution in [0.2, 0.25) is 0 Å². The van der Waals surface area contributed by atoms with Crippen molar-refractivity contribution in [3.63, 3.8) is 0 Å². The van der Waals surface area contributed by atoms with E-state index in [-0.39, 0.29) is 5.97 Å². The van der Waals surface area contributed by atoms with Crippen molar-refractivity contribution in [2.75, 3.05) is 40.5 Å². The van der Waals surface area contributed by atoms with Crippen LogP contribution in [0.3, 0.4) is 0 Å². The van der Waals surface area contributed by atoms with Gasteiger partial charge in [0.05, 0.1) is 13.7 Å². The molecular weight excluding hydrogens is 182 g/mol. The molecule has 0 atom stereocenters. The molecule has 14 heavy (non-hydrogen) atoms. The predicted molar refractivity (Wildman–Crippen MR) is 55.2 cm³/mol. The highest BCUT2D eigenvalue weighted by Crippen LogP contribution is 1.96. The minimum Gasteiger partial charge on any atom is -0.468 e. The summed E-state index contributed by atoms with van der Waals surface area (Å²) in [5.41, 5.74) is 0. The molecule has 0 N–H and O–H groups in total. The Bertz CT molecular complexity index is 150. The van der Waals surface area contributed by atoms with Gasteiger partial charge in [-0.3, -0.25) is 9.69 Å². The molecule has 0 saturated carbocycles. The number of hydrogen-bond acceptors (Lipinski definition) is 4. The molecule has 0 amide bonds. The normalized spacial score (nSPS) is 10.6. The molecule has 0 bridgehead atoms. The Morgan fingerprint density at radius 3 is 2.50 bits per heavy atom. The van der Waals surface area contributed by atoms with Crippen LogP contribution in [0.4, 0.5) is 0 Å². The minimum absolute atomic E-state index is 0.168. The van der Waals surface area contributed by atoms with E-state index in [0.717, 1.165) is 32.5 Å². The number of hydrogen-bond donors (Lipinski definition) is 0. The quantitative estimate of drug-likeness (QED) is 0.434. The van der Waals surface area contributed by atoms with Gasteiger partial charge in [-0.1, -0.05) is 6.92 Å². The monoisotopic (exact) mass is 203 g/mol. The topological polar surface area (TPSA) is 38.8 Å². The van der Waals surface area contributed by atoms with Crippen molar-refractivity contribution in [1.29, 1.82) is 0 Å². The number of nitrogens with zero attached hydrogens (tertiary/aromatic N) is 1. The van der Waals surface area contributed by atoms with Crippen molar-refractivity contribution in [2.45, 2.75) is 19.8 Å². The molecule has 0 unspecified atom stereocenters. The van der Waals surface area contributed by atoms with E-state index in [2.05, 4.69) is 9.64 Å². The Morgan fingerprint density at radius 2 is 2.00 bits per heavy atom. The standard InChI is InChI=1S/C10H21NO3/c1-4-11(9-10(12)14-3)7-5-6-8-13-2/h4-9H2,1-3H3. The lowest BCUT2D eigenvalue weighted by Gasteiger charge is -2.18. The van der Waals surface area contributed by atoms with E-state index in [1.54, 1.807) is 7.11 Å². The maximum absolute atomic E-state index is 11.0. The Balaban J connectivity index is 3.52. The van der Waals surface area contributed by atoms with Crippen LogP contribution in [0.1, 0.15) is 19.8 Å². The molecule has 0 aromatic heterocycles. The minimum atomic E-state index is -0.168. The summed E-state index contributed by atoms with van der Waals surface area (Å²) in [7, 11) is 3.12. The first-order chi connectivity index (χ1) is 6.74. The van der Waals surface area contributed by atoms with Crippen molar-refractivity contribution in [1.82, 2.24) is 4.90 Å². The second-order valence-electron chi connectivity index (χ2n) is 3.14. The van der Waals surface area contributed by atoms with Crippen molar-refractivity contribution in [3.05, 3.63) is 0 Å². The summed E-state index contributed by atoms with van der Waals surface area (Å²) < 4.78 is 9.55. The predicted octanol–water partition coefficient (Wildman–Crippen LogP) is 0.908. The van der Waals surface area contributed by atoms with Gasteiger partial charge in [-0.15, -0.1) is 0 Å². The number of ether oxygens (including phenoxy) is 2. The van der Waals surface area contributed by atoms with E-state index >= 15 is 0 Å². The number of esters is 1. The SMILES string of the molecule is CCN(CCCCOC)CC(=O)OC. The highest BCUT2D eigenvalue weighted by atomic mass is 16.5. The van der Waals surface area contributed by atoms with Crippen molar-refractivity contribution < 1.29 is 14.3 Å². The molecule has 84 valence electrons. The molecule has 0 aliphatic carbocycles. The zero-order valence-electron chi connectivity index (χ0n) is 9.41. The van der Waals surface area contributed by atoms with Crippen molar-refractivity contribution in [2.24, 2.45) is 0 Å². The lowest BCUT2D eigenvalue weighted by atomic mass is 10.3. The van der Waals surface area contributed by atoms with Gasteiger partial charge in [0.2, 0.25) is 0 Å². The average molecular weight is 203 g/mol. The molecule has 0 fully saturated rings. The van der Waals surface area contributed by atoms with Gasteiger partial charge in [-0.05, 0) is 25.9 Å². The zero-order valence-corrected chi connectivity index (χ0v) is 9.41. The fraction of sp³-hybridized carbons (Fsp3) is 0.900. The second kappa shape index (κ2) is 8.97. The van der Waals surface area contributed by atoms with Gasteiger partial charge in [0.25, 0.3) is 0 Å². The molecule has 0 radical (unpaired) electrons. The smallest absolute Gasteiger partial charge is 0.319 e. The van der Waals surface area contributed by atoms with E-state index < -0.39 is 0 Å². The van der Waals surface area contributed by atoms with Crippen LogP contribution in [-0.2, 0) is 14.3 Å². The second-order valence-corrected chi connectivity index (χ2v) is 3.14. The fourth-order valence-electron chi connectivity index (χ4n) is 1.18. The first-order valence-electron chi connectivity index (χ1n) is 5.02. The lowest BCUT2D eigenvalue weighted by molar-refractivity contribution is -0.141. The summed E-state index contributed by atoms with van der Waals surface area (Å²) >= 11 is 0. The number of likely N-dealkylation sites (N-methyl/N-ethyl adjacent to an activating group) is 1. The van der Waals surface area contributed by atoms with E-state index in [1.165, 1.54) is 7.11 Å². The van der Waals surface area contributed by atoms with Gasteiger partial charge in [-0.25, -0.2) is 0 Å². The van der Waals surface area contributed by atoms with Gasteiger partial charge in [0, 0.05) is 13.7 Å². The third-order valence-electron chi connectivity index (χ3n) is 2.10. The number of carbonyl (C=O) groups excluding carboxylic acids is 1. The Labute approximate surface area is 86.2 Å². The Kier molecular flexibility index (Phi) is 8.57. The zero-order chi connectivity index (χ0) is 10.8. The van der Waals surface area contributed by atoms with Crippen LogP contribution in [0.25, 0.3) is 0 Å². The third kappa shape index (κ3) is 6.86. The van der Waals surface area contributed by atoms with E-state index in [4.69, 9.17) is 4.74 Å². The Morgan fingerprint density at radius 1 is 1.29 bits per heavy atom. The van der Waals surface area contributed by atoms with E-state index in [0.29, 0.717) is 6.54 Å². The van der Waals surface area contributed by atoms with E-state index in [9.17, 15) is 4.79 Å². The van der Waals surface area contributed by atoms with Crippen LogP contribution in [0, 0.1) is 0 Å². The van der Waals surface area contributed by atoms with Crippen LogP contribution in [-0.4, -0.2) is 51.3 Å². The highest BCUT2D eigenvalue weighted by Gasteiger charge is 2.07. The van der Waals surface area contributed by atoms with Crippen LogP contribution in [0.5, 0.6) is 0 Å². The summed E-state index contributed by atoms with van der Waals surface area (Å²) in [5.74, 6) is -0.168. The summed E-state index contributed by atoms with van der Waals surface area (Å²) in [4.78, 5) is 13.1. The summed E-state index contributed by atoms with van der Waals surface area (Å²) in [6.45, 7) is 5.02. The first kappa shape index (κ1) is 13.4. The lowest BCUT2D eigenvalue weighted by Crippen LogP contribution is -2.31. The summed E-state index contributed by atoms with van der Waals surface area (Å²) in [5, 5.41) is 0. The van der Waals surface area contributed by atoms with Crippen molar-refractivity contribution in [3.8, 4) is 0 Å². The molecule has 4 nitrogen and oxygen atoms in total. The number of carbonyl (C=O) groups is 1. The number of unbranched alkanes of at least 4 members (excludes halogenated alkanes) is 1. The largest absolute Gasteiger partial charge is 0.468 e. The molecule has 0 aromatic rings. The van der Waals surface area contributed by atoms with Crippen molar-refractivity contribution >= 4 is 5.97 Å². The molecule has 0 saturated heterocycles. The Hall–Kier alpha value is -0.610. The van der Waals surface area contributed by atoms with Crippen LogP contribution >= 0.6 is 0 Å². The molecule has 0 aromatic carbocycles. The number of methoxy groups -OCH3 is 2. The fourth-order valence-corrected chi connectivity index (χ4v) is 1.18. The van der Waals surface area contributed by atoms with Gasteiger partial charge in [0.15, 0.2) is 0 Å². The molecule has 0 spiro atoms. The van der Waals surface area contributed by atoms with Gasteiger partial charge < -0.3 is 9.47 Å². The van der Waals surface area contributed by atoms with Crippen LogP contribution in [0.15, 0.2) is 0 Å². The summed E-state index contributed by atoms with van der Waals surface area (Å²) in [6, 6.07) is 0. The molecule has 0 aliphatic rings. The molecule has 0 rings (SSSR count). The molecular formula is C10H21NO3. The maximum Gasteiger partial charge on any atom is 0.319 e. The first-order valence-corrected chi connectivity index (χ1v) is 5.02. The maximum atomic E-state index is 11.0. The van der Waals surface area contributed by atoms with E-state index in [1.807, 2.05) is 6.92 Å². The third-order valence-corrected chi connectivity index (χ3v) is 2.10. The van der Waals surface area contributed by atoms with Gasteiger partial charge >= 0.3 is 5.97 Å². The van der Waals surface area contributed by atoms with Gasteiger partial charge in [-0.2, -0.15) is 0 Å². The highest BCUT2D eigenvalue weighted by molar-refractivity contribution is 5.71. The molecule has 4 heteroatoms.